The Morgan fingerprint density at radius 1 is 1.09 bits per heavy atom. The summed E-state index contributed by atoms with van der Waals surface area (Å²) in [6, 6.07) is 10.6. The van der Waals surface area contributed by atoms with Crippen molar-refractivity contribution in [2.75, 3.05) is 39.9 Å². The summed E-state index contributed by atoms with van der Waals surface area (Å²) in [6.07, 6.45) is 1.83. The predicted octanol–water partition coefficient (Wildman–Crippen LogP) is 1.62. The second-order valence-electron chi connectivity index (χ2n) is 7.74. The van der Waals surface area contributed by atoms with Crippen LogP contribution in [0.15, 0.2) is 47.4 Å². The Morgan fingerprint density at radius 3 is 2.58 bits per heavy atom. The standard InChI is InChI=1S/C23H24ClN5O4/c1-33-13-12-29-21-18(6-3-7-25-21)26-20(23(29)32)22(31)28-10-8-27(9-11-28)19(30)15-16-4-2-5-17(24)14-16/h2-7,14H,8-13,15H2,1H3. The van der Waals surface area contributed by atoms with Crippen molar-refractivity contribution in [1.82, 2.24) is 24.3 Å². The molecule has 4 rings (SSSR count). The molecule has 172 valence electrons. The van der Waals surface area contributed by atoms with Gasteiger partial charge in [0.05, 0.1) is 19.6 Å². The summed E-state index contributed by atoms with van der Waals surface area (Å²) in [5.41, 5.74) is 1.07. The number of halogens is 1. The van der Waals surface area contributed by atoms with Gasteiger partial charge in [-0.15, -0.1) is 0 Å². The highest BCUT2D eigenvalue weighted by atomic mass is 35.5. The second kappa shape index (κ2) is 10.1. The van der Waals surface area contributed by atoms with E-state index in [1.807, 2.05) is 12.1 Å². The molecule has 0 aliphatic carbocycles. The van der Waals surface area contributed by atoms with Crippen LogP contribution in [0.3, 0.4) is 0 Å². The summed E-state index contributed by atoms with van der Waals surface area (Å²) in [5, 5.41) is 0.588. The van der Waals surface area contributed by atoms with Gasteiger partial charge in [0.25, 0.3) is 11.5 Å². The lowest BCUT2D eigenvalue weighted by Crippen LogP contribution is -2.52. The van der Waals surface area contributed by atoms with Gasteiger partial charge < -0.3 is 14.5 Å². The summed E-state index contributed by atoms with van der Waals surface area (Å²) < 4.78 is 6.52. The number of rotatable bonds is 6. The van der Waals surface area contributed by atoms with Gasteiger partial charge in [-0.2, -0.15) is 0 Å². The van der Waals surface area contributed by atoms with E-state index in [0.717, 1.165) is 5.56 Å². The first-order valence-corrected chi connectivity index (χ1v) is 11.0. The largest absolute Gasteiger partial charge is 0.383 e. The highest BCUT2D eigenvalue weighted by molar-refractivity contribution is 6.30. The number of nitrogens with zero attached hydrogens (tertiary/aromatic N) is 5. The normalized spacial score (nSPS) is 14.0. The van der Waals surface area contributed by atoms with E-state index in [-0.39, 0.29) is 24.6 Å². The van der Waals surface area contributed by atoms with Crippen molar-refractivity contribution in [2.45, 2.75) is 13.0 Å². The molecule has 9 nitrogen and oxygen atoms in total. The van der Waals surface area contributed by atoms with E-state index < -0.39 is 11.5 Å². The number of hydrogen-bond acceptors (Lipinski definition) is 6. The maximum absolute atomic E-state index is 13.2. The van der Waals surface area contributed by atoms with Crippen LogP contribution in [0.2, 0.25) is 5.02 Å². The zero-order valence-corrected chi connectivity index (χ0v) is 19.0. The summed E-state index contributed by atoms with van der Waals surface area (Å²) in [4.78, 5) is 50.7. The van der Waals surface area contributed by atoms with E-state index in [1.54, 1.807) is 47.4 Å². The molecule has 0 saturated carbocycles. The molecule has 10 heteroatoms. The van der Waals surface area contributed by atoms with Crippen LogP contribution >= 0.6 is 11.6 Å². The minimum Gasteiger partial charge on any atom is -0.383 e. The number of hydrogen-bond donors (Lipinski definition) is 0. The lowest BCUT2D eigenvalue weighted by atomic mass is 10.1. The molecular weight excluding hydrogens is 446 g/mol. The van der Waals surface area contributed by atoms with Gasteiger partial charge in [-0.05, 0) is 29.8 Å². The predicted molar refractivity (Wildman–Crippen MR) is 123 cm³/mol. The number of carbonyl (C=O) groups is 2. The molecule has 1 saturated heterocycles. The molecule has 0 atom stereocenters. The van der Waals surface area contributed by atoms with E-state index >= 15 is 0 Å². The number of fused-ring (bicyclic) bond motifs is 1. The van der Waals surface area contributed by atoms with Gasteiger partial charge in [0.1, 0.15) is 5.52 Å². The zero-order valence-electron chi connectivity index (χ0n) is 18.2. The molecular formula is C23H24ClN5O4. The van der Waals surface area contributed by atoms with Crippen LogP contribution in [0.5, 0.6) is 0 Å². The van der Waals surface area contributed by atoms with Gasteiger partial charge in [0.2, 0.25) is 5.91 Å². The van der Waals surface area contributed by atoms with Crippen molar-refractivity contribution in [3.8, 4) is 0 Å². The fourth-order valence-corrected chi connectivity index (χ4v) is 4.06. The van der Waals surface area contributed by atoms with Crippen molar-refractivity contribution < 1.29 is 14.3 Å². The van der Waals surface area contributed by atoms with E-state index in [0.29, 0.717) is 49.0 Å². The molecule has 3 heterocycles. The van der Waals surface area contributed by atoms with E-state index in [4.69, 9.17) is 16.3 Å². The van der Waals surface area contributed by atoms with Crippen molar-refractivity contribution >= 4 is 34.6 Å². The maximum Gasteiger partial charge on any atom is 0.283 e. The minimum atomic E-state index is -0.497. The maximum atomic E-state index is 13.2. The van der Waals surface area contributed by atoms with Gasteiger partial charge in [-0.25, -0.2) is 9.97 Å². The van der Waals surface area contributed by atoms with Crippen molar-refractivity contribution in [3.63, 3.8) is 0 Å². The smallest absolute Gasteiger partial charge is 0.283 e. The molecule has 1 fully saturated rings. The van der Waals surface area contributed by atoms with E-state index in [2.05, 4.69) is 9.97 Å². The fourth-order valence-electron chi connectivity index (χ4n) is 3.85. The lowest BCUT2D eigenvalue weighted by molar-refractivity contribution is -0.131. The number of aromatic nitrogens is 3. The van der Waals surface area contributed by atoms with Gasteiger partial charge in [0.15, 0.2) is 11.3 Å². The van der Waals surface area contributed by atoms with Crippen LogP contribution in [-0.2, 0) is 22.5 Å². The number of benzene rings is 1. The SMILES string of the molecule is COCCn1c(=O)c(C(=O)N2CCN(C(=O)Cc3cccc(Cl)c3)CC2)nc2cccnc21. The average Bonchev–Trinajstić information content (AvgIpc) is 2.83. The highest BCUT2D eigenvalue weighted by Crippen LogP contribution is 2.14. The summed E-state index contributed by atoms with van der Waals surface area (Å²) in [6.45, 7) is 1.99. The topological polar surface area (TPSA) is 97.6 Å². The van der Waals surface area contributed by atoms with Gasteiger partial charge in [-0.1, -0.05) is 23.7 Å². The summed E-state index contributed by atoms with van der Waals surface area (Å²) in [5.74, 6) is -0.472. The second-order valence-corrected chi connectivity index (χ2v) is 8.17. The molecule has 0 bridgehead atoms. The Morgan fingerprint density at radius 2 is 1.85 bits per heavy atom. The summed E-state index contributed by atoms with van der Waals surface area (Å²) in [7, 11) is 1.54. The molecule has 0 N–H and O–H groups in total. The van der Waals surface area contributed by atoms with Crippen LogP contribution in [0.25, 0.3) is 11.2 Å². The number of pyridine rings is 1. The molecule has 0 spiro atoms. The van der Waals surface area contributed by atoms with Crippen molar-refractivity contribution in [3.05, 3.63) is 69.2 Å². The minimum absolute atomic E-state index is 0.0267. The quantitative estimate of drug-likeness (QED) is 0.544. The Kier molecular flexibility index (Phi) is 7.00. The third kappa shape index (κ3) is 5.04. The fraction of sp³-hybridized carbons (Fsp3) is 0.348. The monoisotopic (exact) mass is 469 g/mol. The first-order chi connectivity index (χ1) is 16.0. The van der Waals surface area contributed by atoms with Gasteiger partial charge in [0, 0.05) is 44.5 Å². The number of piperazine rings is 1. The first-order valence-electron chi connectivity index (χ1n) is 10.6. The Balaban J connectivity index is 1.48. The number of amides is 2. The third-order valence-corrected chi connectivity index (χ3v) is 5.82. The van der Waals surface area contributed by atoms with Crippen LogP contribution in [0.4, 0.5) is 0 Å². The van der Waals surface area contributed by atoms with Gasteiger partial charge >= 0.3 is 0 Å². The molecule has 33 heavy (non-hydrogen) atoms. The number of methoxy groups -OCH3 is 1. The molecule has 0 unspecified atom stereocenters. The first kappa shape index (κ1) is 22.9. The third-order valence-electron chi connectivity index (χ3n) is 5.59. The molecule has 1 aliphatic rings. The van der Waals surface area contributed by atoms with Crippen LogP contribution in [-0.4, -0.2) is 76.0 Å². The Labute approximate surface area is 195 Å². The van der Waals surface area contributed by atoms with Crippen LogP contribution < -0.4 is 5.56 Å². The Hall–Kier alpha value is -3.30. The van der Waals surface area contributed by atoms with Crippen molar-refractivity contribution in [2.24, 2.45) is 0 Å². The average molecular weight is 470 g/mol. The van der Waals surface area contributed by atoms with Gasteiger partial charge in [-0.3, -0.25) is 19.0 Å². The number of carbonyl (C=O) groups excluding carboxylic acids is 2. The van der Waals surface area contributed by atoms with Crippen LogP contribution in [0, 0.1) is 0 Å². The molecule has 3 aromatic rings. The summed E-state index contributed by atoms with van der Waals surface area (Å²) >= 11 is 6.00. The number of ether oxygens (including phenoxy) is 1. The molecule has 2 amide bonds. The lowest BCUT2D eigenvalue weighted by Gasteiger charge is -2.34. The highest BCUT2D eigenvalue weighted by Gasteiger charge is 2.28. The molecule has 2 aromatic heterocycles. The Bertz CT molecular complexity index is 1240. The van der Waals surface area contributed by atoms with Crippen molar-refractivity contribution in [1.29, 1.82) is 0 Å². The molecule has 1 aromatic carbocycles. The zero-order chi connectivity index (χ0) is 23.4. The molecule has 0 radical (unpaired) electrons. The molecule has 1 aliphatic heterocycles. The van der Waals surface area contributed by atoms with E-state index in [9.17, 15) is 14.4 Å². The van der Waals surface area contributed by atoms with E-state index in [1.165, 1.54) is 4.57 Å². The van der Waals surface area contributed by atoms with Crippen LogP contribution in [0.1, 0.15) is 16.1 Å².